The van der Waals surface area contributed by atoms with Crippen LogP contribution in [0.5, 0.6) is 0 Å². The second-order valence-corrected chi connectivity index (χ2v) is 7.86. The van der Waals surface area contributed by atoms with E-state index in [1.807, 2.05) is 29.5 Å². The van der Waals surface area contributed by atoms with Gasteiger partial charge in [-0.15, -0.1) is 0 Å². The van der Waals surface area contributed by atoms with Gasteiger partial charge in [-0.1, -0.05) is 27.7 Å². The van der Waals surface area contributed by atoms with Crippen molar-refractivity contribution in [3.63, 3.8) is 0 Å². The molecule has 0 heterocycles. The van der Waals surface area contributed by atoms with E-state index in [4.69, 9.17) is 0 Å². The molecule has 1 aromatic rings. The highest BCUT2D eigenvalue weighted by Crippen LogP contribution is 2.26. The molecule has 0 spiro atoms. The Morgan fingerprint density at radius 3 is 2.48 bits per heavy atom. The van der Waals surface area contributed by atoms with Crippen LogP contribution >= 0.6 is 22.6 Å². The van der Waals surface area contributed by atoms with Crippen molar-refractivity contribution in [1.82, 2.24) is 0 Å². The summed E-state index contributed by atoms with van der Waals surface area (Å²) in [7, 11) is 0. The van der Waals surface area contributed by atoms with Crippen molar-refractivity contribution in [2.45, 2.75) is 40.5 Å². The number of nitrogens with one attached hydrogen (secondary N) is 1. The van der Waals surface area contributed by atoms with Crippen LogP contribution < -0.4 is 5.32 Å². The molecule has 21 heavy (non-hydrogen) atoms. The first kappa shape index (κ1) is 17.9. The van der Waals surface area contributed by atoms with Gasteiger partial charge in [0.15, 0.2) is 0 Å². The van der Waals surface area contributed by atoms with Crippen LogP contribution in [0.15, 0.2) is 18.2 Å². The predicted molar refractivity (Wildman–Crippen MR) is 92.6 cm³/mol. The Hall–Kier alpha value is -1.11. The summed E-state index contributed by atoms with van der Waals surface area (Å²) in [5, 5.41) is 11.9. The molecule has 4 nitrogen and oxygen atoms in total. The second-order valence-electron chi connectivity index (χ2n) is 6.62. The van der Waals surface area contributed by atoms with Crippen molar-refractivity contribution < 1.29 is 14.7 Å². The maximum Gasteiger partial charge on any atom is 0.337 e. The lowest BCUT2D eigenvalue weighted by Gasteiger charge is -2.22. The zero-order valence-electron chi connectivity index (χ0n) is 12.9. The summed E-state index contributed by atoms with van der Waals surface area (Å²) in [6.45, 7) is 8.46. The Balaban J connectivity index is 2.73. The predicted octanol–water partition coefficient (Wildman–Crippen LogP) is 4.39. The quantitative estimate of drug-likeness (QED) is 0.717. The van der Waals surface area contributed by atoms with Crippen molar-refractivity contribution in [1.29, 1.82) is 0 Å². The number of halogens is 1. The zero-order valence-corrected chi connectivity index (χ0v) is 15.0. The number of hydrogen-bond acceptors (Lipinski definition) is 2. The number of benzene rings is 1. The molecule has 0 radical (unpaired) electrons. The zero-order chi connectivity index (χ0) is 16.2. The number of carboxylic acid groups (broad SMARTS) is 1. The van der Waals surface area contributed by atoms with Gasteiger partial charge in [0.05, 0.1) is 11.3 Å². The van der Waals surface area contributed by atoms with Gasteiger partial charge in [0.25, 0.3) is 0 Å². The van der Waals surface area contributed by atoms with E-state index in [9.17, 15) is 14.7 Å². The molecule has 1 amide bonds. The largest absolute Gasteiger partial charge is 0.478 e. The van der Waals surface area contributed by atoms with Gasteiger partial charge in [0.2, 0.25) is 5.91 Å². The first-order valence-corrected chi connectivity index (χ1v) is 7.99. The molecule has 1 unspecified atom stereocenters. The third kappa shape index (κ3) is 6.46. The molecular weight excluding hydrogens is 381 g/mol. The van der Waals surface area contributed by atoms with Gasteiger partial charge in [0, 0.05) is 9.99 Å². The average molecular weight is 403 g/mol. The summed E-state index contributed by atoms with van der Waals surface area (Å²) >= 11 is 2.05. The fraction of sp³-hybridized carbons (Fsp3) is 0.500. The number of carbonyl (C=O) groups excluding carboxylic acids is 1. The first-order chi connectivity index (χ1) is 9.58. The van der Waals surface area contributed by atoms with Crippen LogP contribution in [0.2, 0.25) is 0 Å². The average Bonchev–Trinajstić information content (AvgIpc) is 2.28. The monoisotopic (exact) mass is 403 g/mol. The molecule has 2 N–H and O–H groups in total. The molecule has 0 saturated heterocycles. The molecule has 0 aliphatic rings. The summed E-state index contributed by atoms with van der Waals surface area (Å²) in [4.78, 5) is 23.3. The Labute approximate surface area is 139 Å². The molecule has 0 saturated carbocycles. The highest BCUT2D eigenvalue weighted by molar-refractivity contribution is 14.1. The molecule has 116 valence electrons. The normalized spacial score (nSPS) is 12.8. The molecule has 1 aromatic carbocycles. The molecular formula is C16H22INO3. The van der Waals surface area contributed by atoms with Crippen molar-refractivity contribution in [3.8, 4) is 0 Å². The fourth-order valence-electron chi connectivity index (χ4n) is 2.44. The van der Waals surface area contributed by atoms with E-state index in [-0.39, 0.29) is 22.8 Å². The standard InChI is InChI=1S/C16H22INO3/c1-10(9-16(2,3)4)7-14(19)18-13-6-5-11(17)8-12(13)15(20)21/h5-6,8,10H,7,9H2,1-4H3,(H,18,19)(H,20,21). The minimum Gasteiger partial charge on any atom is -0.478 e. The second kappa shape index (κ2) is 7.24. The van der Waals surface area contributed by atoms with Gasteiger partial charge >= 0.3 is 5.97 Å². The molecule has 1 atom stereocenters. The number of anilines is 1. The van der Waals surface area contributed by atoms with Crippen molar-refractivity contribution in [2.75, 3.05) is 5.32 Å². The molecule has 0 fully saturated rings. The maximum atomic E-state index is 12.1. The van der Waals surface area contributed by atoms with Crippen molar-refractivity contribution >= 4 is 40.2 Å². The number of carbonyl (C=O) groups is 2. The summed E-state index contributed by atoms with van der Waals surface area (Å²) in [6.07, 6.45) is 1.33. The lowest BCUT2D eigenvalue weighted by atomic mass is 9.84. The van der Waals surface area contributed by atoms with Crippen LogP contribution in [0.3, 0.4) is 0 Å². The minimum absolute atomic E-state index is 0.124. The van der Waals surface area contributed by atoms with Gasteiger partial charge in [-0.25, -0.2) is 4.79 Å². The third-order valence-corrected chi connectivity index (χ3v) is 3.65. The Bertz CT molecular complexity index is 535. The number of rotatable bonds is 5. The molecule has 5 heteroatoms. The first-order valence-electron chi connectivity index (χ1n) is 6.91. The Morgan fingerprint density at radius 1 is 1.33 bits per heavy atom. The minimum atomic E-state index is -1.04. The van der Waals surface area contributed by atoms with Gasteiger partial charge in [0.1, 0.15) is 0 Å². The van der Waals surface area contributed by atoms with E-state index in [0.717, 1.165) is 9.99 Å². The van der Waals surface area contributed by atoms with Crippen LogP contribution in [0.25, 0.3) is 0 Å². The van der Waals surface area contributed by atoms with Crippen LogP contribution in [-0.4, -0.2) is 17.0 Å². The summed E-state index contributed by atoms with van der Waals surface area (Å²) in [5.41, 5.74) is 0.656. The molecule has 0 aliphatic carbocycles. The van der Waals surface area contributed by atoms with Crippen LogP contribution in [-0.2, 0) is 4.79 Å². The number of carboxylic acids is 1. The van der Waals surface area contributed by atoms with Gasteiger partial charge in [-0.3, -0.25) is 4.79 Å². The topological polar surface area (TPSA) is 66.4 Å². The number of aromatic carboxylic acids is 1. The summed E-state index contributed by atoms with van der Waals surface area (Å²) < 4.78 is 0.823. The van der Waals surface area contributed by atoms with Gasteiger partial charge in [-0.05, 0) is 58.5 Å². The molecule has 0 aromatic heterocycles. The van der Waals surface area contributed by atoms with E-state index in [0.29, 0.717) is 12.1 Å². The van der Waals surface area contributed by atoms with E-state index in [1.165, 1.54) is 0 Å². The maximum absolute atomic E-state index is 12.1. The third-order valence-electron chi connectivity index (χ3n) is 2.98. The molecule has 0 aliphatic heterocycles. The summed E-state index contributed by atoms with van der Waals surface area (Å²) in [6, 6.07) is 4.97. The van der Waals surface area contributed by atoms with Crippen molar-refractivity contribution in [3.05, 3.63) is 27.3 Å². The number of amides is 1. The highest BCUT2D eigenvalue weighted by Gasteiger charge is 2.19. The molecule has 1 rings (SSSR count). The van der Waals surface area contributed by atoms with E-state index >= 15 is 0 Å². The van der Waals surface area contributed by atoms with Gasteiger partial charge < -0.3 is 10.4 Å². The smallest absolute Gasteiger partial charge is 0.337 e. The van der Waals surface area contributed by atoms with Gasteiger partial charge in [-0.2, -0.15) is 0 Å². The lowest BCUT2D eigenvalue weighted by Crippen LogP contribution is -2.20. The lowest BCUT2D eigenvalue weighted by molar-refractivity contribution is -0.117. The Morgan fingerprint density at radius 2 is 1.95 bits per heavy atom. The fourth-order valence-corrected chi connectivity index (χ4v) is 2.93. The number of hydrogen-bond donors (Lipinski definition) is 2. The van der Waals surface area contributed by atoms with Crippen LogP contribution in [0.1, 0.15) is 50.9 Å². The van der Waals surface area contributed by atoms with Crippen molar-refractivity contribution in [2.24, 2.45) is 11.3 Å². The van der Waals surface area contributed by atoms with Crippen LogP contribution in [0.4, 0.5) is 5.69 Å². The van der Waals surface area contributed by atoms with E-state index in [1.54, 1.807) is 18.2 Å². The van der Waals surface area contributed by atoms with Crippen LogP contribution in [0, 0.1) is 14.9 Å². The van der Waals surface area contributed by atoms with E-state index in [2.05, 4.69) is 26.1 Å². The highest BCUT2D eigenvalue weighted by atomic mass is 127. The molecule has 0 bridgehead atoms. The van der Waals surface area contributed by atoms with E-state index < -0.39 is 5.97 Å². The SMILES string of the molecule is CC(CC(=O)Nc1ccc(I)cc1C(=O)O)CC(C)(C)C. The summed E-state index contributed by atoms with van der Waals surface area (Å²) in [5.74, 6) is -0.927. The Kier molecular flexibility index (Phi) is 6.19.